The van der Waals surface area contributed by atoms with E-state index in [0.717, 1.165) is 18.3 Å². The number of nitrogens with zero attached hydrogens (tertiary/aromatic N) is 1. The standard InChI is InChI=1S/C17H27NO3/c1-3-10(2)18(9-15(19)20)17(21)16-13-5-11-4-12(7-13)8-14(16)6-11/h10-14,16H,3-9H2,1-2H3,(H,19,20). The Labute approximate surface area is 126 Å². The van der Waals surface area contributed by atoms with Gasteiger partial charge in [-0.3, -0.25) is 9.59 Å². The van der Waals surface area contributed by atoms with Crippen molar-refractivity contribution in [2.24, 2.45) is 29.6 Å². The maximum atomic E-state index is 13.0. The van der Waals surface area contributed by atoms with E-state index in [-0.39, 0.29) is 24.4 Å². The van der Waals surface area contributed by atoms with Crippen LogP contribution in [0.15, 0.2) is 0 Å². The highest BCUT2D eigenvalue weighted by Crippen LogP contribution is 2.56. The number of carboxylic acids is 1. The first-order chi connectivity index (χ1) is 9.99. The van der Waals surface area contributed by atoms with Crippen molar-refractivity contribution in [2.45, 2.75) is 58.4 Å². The molecule has 4 bridgehead atoms. The molecule has 1 atom stereocenters. The van der Waals surface area contributed by atoms with Crippen molar-refractivity contribution in [3.8, 4) is 0 Å². The molecular weight excluding hydrogens is 266 g/mol. The van der Waals surface area contributed by atoms with Gasteiger partial charge in [-0.1, -0.05) is 6.92 Å². The highest BCUT2D eigenvalue weighted by Gasteiger charge is 2.51. The molecule has 4 saturated carbocycles. The molecule has 4 heteroatoms. The molecule has 4 aliphatic carbocycles. The van der Waals surface area contributed by atoms with Crippen LogP contribution >= 0.6 is 0 Å². The quantitative estimate of drug-likeness (QED) is 0.848. The van der Waals surface area contributed by atoms with Crippen molar-refractivity contribution in [3.05, 3.63) is 0 Å². The molecule has 0 aromatic carbocycles. The SMILES string of the molecule is CCC(C)N(CC(=O)O)C(=O)C1C2CC3CC(C2)CC1C3. The lowest BCUT2D eigenvalue weighted by atomic mass is 9.51. The first-order valence-electron chi connectivity index (χ1n) is 8.51. The lowest BCUT2D eigenvalue weighted by molar-refractivity contribution is -0.156. The minimum atomic E-state index is -0.896. The maximum Gasteiger partial charge on any atom is 0.323 e. The van der Waals surface area contributed by atoms with E-state index >= 15 is 0 Å². The molecule has 0 saturated heterocycles. The number of carbonyl (C=O) groups is 2. The molecule has 21 heavy (non-hydrogen) atoms. The average Bonchev–Trinajstić information content (AvgIpc) is 2.42. The van der Waals surface area contributed by atoms with E-state index < -0.39 is 5.97 Å². The maximum absolute atomic E-state index is 13.0. The summed E-state index contributed by atoms with van der Waals surface area (Å²) in [6.07, 6.45) is 6.98. The molecule has 0 aliphatic heterocycles. The fourth-order valence-corrected chi connectivity index (χ4v) is 5.34. The van der Waals surface area contributed by atoms with Gasteiger partial charge in [0.2, 0.25) is 5.91 Å². The number of rotatable bonds is 5. The fraction of sp³-hybridized carbons (Fsp3) is 0.882. The van der Waals surface area contributed by atoms with Gasteiger partial charge in [0.05, 0.1) is 0 Å². The van der Waals surface area contributed by atoms with Crippen LogP contribution in [0, 0.1) is 29.6 Å². The molecule has 4 aliphatic rings. The molecule has 0 aromatic rings. The third-order valence-electron chi connectivity index (χ3n) is 6.22. The van der Waals surface area contributed by atoms with E-state index in [1.54, 1.807) is 4.90 Å². The number of carbonyl (C=O) groups excluding carboxylic acids is 1. The van der Waals surface area contributed by atoms with Crippen molar-refractivity contribution >= 4 is 11.9 Å². The Kier molecular flexibility index (Phi) is 3.98. The summed E-state index contributed by atoms with van der Waals surface area (Å²) in [4.78, 5) is 25.8. The first-order valence-corrected chi connectivity index (χ1v) is 8.51. The molecule has 1 amide bonds. The van der Waals surface area contributed by atoms with Crippen LogP contribution in [0.4, 0.5) is 0 Å². The largest absolute Gasteiger partial charge is 0.480 e. The van der Waals surface area contributed by atoms with Crippen LogP contribution in [0.1, 0.15) is 52.4 Å². The number of carboxylic acid groups (broad SMARTS) is 1. The Morgan fingerprint density at radius 3 is 2.05 bits per heavy atom. The zero-order valence-corrected chi connectivity index (χ0v) is 13.1. The Hall–Kier alpha value is -1.06. The molecule has 0 radical (unpaired) electrons. The summed E-state index contributed by atoms with van der Waals surface area (Å²) in [5.41, 5.74) is 0. The van der Waals surface area contributed by atoms with Gasteiger partial charge >= 0.3 is 5.97 Å². The molecule has 4 nitrogen and oxygen atoms in total. The van der Waals surface area contributed by atoms with Gasteiger partial charge in [-0.25, -0.2) is 0 Å². The van der Waals surface area contributed by atoms with Crippen LogP contribution in [-0.2, 0) is 9.59 Å². The summed E-state index contributed by atoms with van der Waals surface area (Å²) >= 11 is 0. The normalized spacial score (nSPS) is 38.3. The number of hydrogen-bond donors (Lipinski definition) is 1. The molecule has 0 aromatic heterocycles. The van der Waals surface area contributed by atoms with Crippen molar-refractivity contribution < 1.29 is 14.7 Å². The van der Waals surface area contributed by atoms with Crippen molar-refractivity contribution in [1.29, 1.82) is 0 Å². The van der Waals surface area contributed by atoms with Crippen LogP contribution in [-0.4, -0.2) is 34.5 Å². The Balaban J connectivity index is 1.77. The van der Waals surface area contributed by atoms with Gasteiger partial charge in [-0.15, -0.1) is 0 Å². The lowest BCUT2D eigenvalue weighted by Gasteiger charge is -2.54. The summed E-state index contributed by atoms with van der Waals surface area (Å²) in [5, 5.41) is 9.13. The van der Waals surface area contributed by atoms with Gasteiger partial charge in [0, 0.05) is 12.0 Å². The highest BCUT2D eigenvalue weighted by molar-refractivity contribution is 5.84. The third-order valence-corrected chi connectivity index (χ3v) is 6.22. The molecule has 4 rings (SSSR count). The number of hydrogen-bond acceptors (Lipinski definition) is 2. The van der Waals surface area contributed by atoms with E-state index in [2.05, 4.69) is 0 Å². The van der Waals surface area contributed by atoms with Crippen molar-refractivity contribution in [2.75, 3.05) is 6.54 Å². The topological polar surface area (TPSA) is 57.6 Å². The monoisotopic (exact) mass is 293 g/mol. The van der Waals surface area contributed by atoms with E-state index in [4.69, 9.17) is 5.11 Å². The minimum absolute atomic E-state index is 0.0192. The predicted molar refractivity (Wildman–Crippen MR) is 79.6 cm³/mol. The Morgan fingerprint density at radius 2 is 1.62 bits per heavy atom. The average molecular weight is 293 g/mol. The van der Waals surface area contributed by atoms with Crippen LogP contribution in [0.3, 0.4) is 0 Å². The Morgan fingerprint density at radius 1 is 1.10 bits per heavy atom. The molecule has 1 N–H and O–H groups in total. The van der Waals surface area contributed by atoms with Gasteiger partial charge in [0.15, 0.2) is 0 Å². The third kappa shape index (κ3) is 2.69. The number of amides is 1. The summed E-state index contributed by atoms with van der Waals surface area (Å²) < 4.78 is 0. The summed E-state index contributed by atoms with van der Waals surface area (Å²) in [6.45, 7) is 3.84. The van der Waals surface area contributed by atoms with Gasteiger partial charge in [-0.05, 0) is 69.1 Å². The van der Waals surface area contributed by atoms with Crippen molar-refractivity contribution in [1.82, 2.24) is 4.90 Å². The van der Waals surface area contributed by atoms with E-state index in [0.29, 0.717) is 11.8 Å². The molecule has 4 fully saturated rings. The lowest BCUT2D eigenvalue weighted by Crippen LogP contribution is -2.54. The molecule has 1 unspecified atom stereocenters. The first kappa shape index (κ1) is 14.9. The number of aliphatic carboxylic acids is 1. The smallest absolute Gasteiger partial charge is 0.323 e. The fourth-order valence-electron chi connectivity index (χ4n) is 5.34. The molecular formula is C17H27NO3. The van der Waals surface area contributed by atoms with Gasteiger partial charge in [0.25, 0.3) is 0 Å². The summed E-state index contributed by atoms with van der Waals surface area (Å²) in [7, 11) is 0. The van der Waals surface area contributed by atoms with E-state index in [9.17, 15) is 9.59 Å². The van der Waals surface area contributed by atoms with Gasteiger partial charge in [-0.2, -0.15) is 0 Å². The van der Waals surface area contributed by atoms with Crippen LogP contribution in [0.5, 0.6) is 0 Å². The van der Waals surface area contributed by atoms with Gasteiger partial charge in [0.1, 0.15) is 6.54 Å². The van der Waals surface area contributed by atoms with Crippen LogP contribution in [0.25, 0.3) is 0 Å². The summed E-state index contributed by atoms with van der Waals surface area (Å²) in [6, 6.07) is 0.0192. The summed E-state index contributed by atoms with van der Waals surface area (Å²) in [5.74, 6) is 2.06. The molecule has 0 heterocycles. The van der Waals surface area contributed by atoms with Crippen LogP contribution in [0.2, 0.25) is 0 Å². The Bertz CT molecular complexity index is 406. The molecule has 118 valence electrons. The second-order valence-electron chi connectivity index (χ2n) is 7.57. The van der Waals surface area contributed by atoms with Crippen molar-refractivity contribution in [3.63, 3.8) is 0 Å². The second kappa shape index (κ2) is 5.62. The zero-order chi connectivity index (χ0) is 15.1. The second-order valence-corrected chi connectivity index (χ2v) is 7.57. The van der Waals surface area contributed by atoms with Gasteiger partial charge < -0.3 is 10.0 Å². The highest BCUT2D eigenvalue weighted by atomic mass is 16.4. The van der Waals surface area contributed by atoms with E-state index in [1.807, 2.05) is 13.8 Å². The predicted octanol–water partition coefficient (Wildman–Crippen LogP) is 2.77. The van der Waals surface area contributed by atoms with Crippen LogP contribution < -0.4 is 0 Å². The molecule has 0 spiro atoms. The van der Waals surface area contributed by atoms with E-state index in [1.165, 1.54) is 32.1 Å². The zero-order valence-electron chi connectivity index (χ0n) is 13.1. The minimum Gasteiger partial charge on any atom is -0.480 e.